The monoisotopic (exact) mass is 476 g/mol. The Kier molecular flexibility index (Phi) is 6.57. The number of aryl methyl sites for hydroxylation is 1. The zero-order valence-electron chi connectivity index (χ0n) is 19.5. The van der Waals surface area contributed by atoms with Gasteiger partial charge in [-0.1, -0.05) is 6.07 Å². The minimum Gasteiger partial charge on any atom is -0.439 e. The van der Waals surface area contributed by atoms with Crippen LogP contribution in [0.15, 0.2) is 41.2 Å². The van der Waals surface area contributed by atoms with E-state index in [4.69, 9.17) is 15.1 Å². The van der Waals surface area contributed by atoms with E-state index in [9.17, 15) is 4.79 Å². The molecule has 182 valence electrons. The van der Waals surface area contributed by atoms with E-state index in [2.05, 4.69) is 30.9 Å². The molecule has 0 spiro atoms. The molecule has 11 nitrogen and oxygen atoms in total. The van der Waals surface area contributed by atoms with Crippen LogP contribution >= 0.6 is 0 Å². The number of aromatic nitrogens is 5. The number of carbonyl (C=O) groups excluding carboxylic acids is 1. The van der Waals surface area contributed by atoms with E-state index in [1.165, 1.54) is 0 Å². The molecule has 1 aromatic carbocycles. The number of benzene rings is 1. The van der Waals surface area contributed by atoms with Crippen molar-refractivity contribution in [3.63, 3.8) is 0 Å². The molecule has 1 amide bonds. The Labute approximate surface area is 202 Å². The lowest BCUT2D eigenvalue weighted by molar-refractivity contribution is 0.0950. The molecule has 1 fully saturated rings. The highest BCUT2D eigenvalue weighted by molar-refractivity contribution is 5.94. The van der Waals surface area contributed by atoms with Crippen LogP contribution in [0.2, 0.25) is 0 Å². The number of piperidine rings is 1. The van der Waals surface area contributed by atoms with Crippen molar-refractivity contribution >= 4 is 22.8 Å². The van der Waals surface area contributed by atoms with Gasteiger partial charge in [-0.2, -0.15) is 0 Å². The zero-order chi connectivity index (χ0) is 24.2. The predicted molar refractivity (Wildman–Crippen MR) is 130 cm³/mol. The van der Waals surface area contributed by atoms with Crippen molar-refractivity contribution in [1.82, 2.24) is 35.5 Å². The Balaban J connectivity index is 1.29. The van der Waals surface area contributed by atoms with E-state index < -0.39 is 0 Å². The molecular formula is C24H28N8O3. The standard InChI is InChI=1S/C24H28N8O3/c1-2-32-19-13-20(28-14-18(19)29-23(32)21-22(25)31-35-30-21)34-17-5-3-4-16(12-17)24(33)27-11-8-15-6-9-26-10-7-15/h3-5,12-15,26H,2,6-11H2,1H3,(H2,25,31)(H,27,33). The largest absolute Gasteiger partial charge is 0.439 e. The smallest absolute Gasteiger partial charge is 0.251 e. The van der Waals surface area contributed by atoms with Crippen molar-refractivity contribution in [2.75, 3.05) is 25.4 Å². The SMILES string of the molecule is CCn1c(-c2nonc2N)nc2cnc(Oc3cccc(C(=O)NCCC4CCNCC4)c3)cc21. The van der Waals surface area contributed by atoms with Crippen molar-refractivity contribution < 1.29 is 14.2 Å². The van der Waals surface area contributed by atoms with Crippen molar-refractivity contribution in [1.29, 1.82) is 0 Å². The average Bonchev–Trinajstić information content (AvgIpc) is 3.47. The normalized spacial score (nSPS) is 14.3. The van der Waals surface area contributed by atoms with Crippen molar-refractivity contribution in [3.05, 3.63) is 42.1 Å². The minimum absolute atomic E-state index is 0.111. The van der Waals surface area contributed by atoms with Gasteiger partial charge in [0.25, 0.3) is 5.91 Å². The fourth-order valence-corrected chi connectivity index (χ4v) is 4.40. The summed E-state index contributed by atoms with van der Waals surface area (Å²) < 4.78 is 12.7. The van der Waals surface area contributed by atoms with Gasteiger partial charge in [0.15, 0.2) is 17.3 Å². The third-order valence-corrected chi connectivity index (χ3v) is 6.27. The topological polar surface area (TPSA) is 146 Å². The Bertz CT molecular complexity index is 1330. The maximum Gasteiger partial charge on any atom is 0.251 e. The zero-order valence-corrected chi connectivity index (χ0v) is 19.5. The van der Waals surface area contributed by atoms with E-state index in [0.717, 1.165) is 37.9 Å². The second kappa shape index (κ2) is 10.1. The fraction of sp³-hybridized carbons (Fsp3) is 0.375. The molecule has 0 saturated carbocycles. The number of nitrogens with two attached hydrogens (primary N) is 1. The summed E-state index contributed by atoms with van der Waals surface area (Å²) in [7, 11) is 0. The number of nitrogen functional groups attached to an aromatic ring is 1. The summed E-state index contributed by atoms with van der Waals surface area (Å²) in [5, 5.41) is 13.9. The maximum atomic E-state index is 12.7. The first kappa shape index (κ1) is 22.8. The number of hydrogen-bond acceptors (Lipinski definition) is 9. The lowest BCUT2D eigenvalue weighted by Gasteiger charge is -2.22. The number of rotatable bonds is 8. The van der Waals surface area contributed by atoms with E-state index in [-0.39, 0.29) is 11.7 Å². The Hall–Kier alpha value is -3.99. The molecule has 5 rings (SSSR count). The van der Waals surface area contributed by atoms with Gasteiger partial charge in [0, 0.05) is 24.7 Å². The van der Waals surface area contributed by atoms with E-state index in [1.54, 1.807) is 36.5 Å². The number of anilines is 1. The molecule has 4 aromatic rings. The van der Waals surface area contributed by atoms with Crippen LogP contribution in [-0.2, 0) is 6.54 Å². The first-order valence-corrected chi connectivity index (χ1v) is 11.8. The molecule has 1 aliphatic rings. The number of imidazole rings is 1. The van der Waals surface area contributed by atoms with Crippen LogP contribution in [0.4, 0.5) is 5.82 Å². The Morgan fingerprint density at radius 1 is 1.29 bits per heavy atom. The lowest BCUT2D eigenvalue weighted by Crippen LogP contribution is -2.31. The summed E-state index contributed by atoms with van der Waals surface area (Å²) in [6, 6.07) is 8.88. The summed E-state index contributed by atoms with van der Waals surface area (Å²) in [6.07, 6.45) is 4.95. The number of nitrogens with one attached hydrogen (secondary N) is 2. The molecule has 1 saturated heterocycles. The summed E-state index contributed by atoms with van der Waals surface area (Å²) in [6.45, 7) is 5.39. The molecule has 35 heavy (non-hydrogen) atoms. The van der Waals surface area contributed by atoms with Crippen molar-refractivity contribution in [2.24, 2.45) is 5.92 Å². The van der Waals surface area contributed by atoms with Crippen LogP contribution in [0.1, 0.15) is 36.5 Å². The molecule has 0 aliphatic carbocycles. The highest BCUT2D eigenvalue weighted by atomic mass is 16.6. The summed E-state index contributed by atoms with van der Waals surface area (Å²) in [5.41, 5.74) is 8.26. The Morgan fingerprint density at radius 2 is 2.14 bits per heavy atom. The molecular weight excluding hydrogens is 448 g/mol. The maximum absolute atomic E-state index is 12.7. The van der Waals surface area contributed by atoms with E-state index >= 15 is 0 Å². The molecule has 11 heteroatoms. The molecule has 0 radical (unpaired) electrons. The molecule has 0 unspecified atom stereocenters. The second-order valence-corrected chi connectivity index (χ2v) is 8.56. The number of amides is 1. The van der Waals surface area contributed by atoms with E-state index in [1.807, 2.05) is 11.5 Å². The van der Waals surface area contributed by atoms with Gasteiger partial charge in [-0.15, -0.1) is 0 Å². The van der Waals surface area contributed by atoms with Crippen LogP contribution in [0.3, 0.4) is 0 Å². The molecule has 3 aromatic heterocycles. The first-order chi connectivity index (χ1) is 17.1. The van der Waals surface area contributed by atoms with Gasteiger partial charge in [-0.3, -0.25) is 4.79 Å². The van der Waals surface area contributed by atoms with Gasteiger partial charge >= 0.3 is 0 Å². The number of fused-ring (bicyclic) bond motifs is 1. The fourth-order valence-electron chi connectivity index (χ4n) is 4.40. The molecule has 0 atom stereocenters. The highest BCUT2D eigenvalue weighted by Crippen LogP contribution is 2.29. The van der Waals surface area contributed by atoms with Crippen LogP contribution < -0.4 is 21.1 Å². The molecule has 4 N–H and O–H groups in total. The first-order valence-electron chi connectivity index (χ1n) is 11.8. The lowest BCUT2D eigenvalue weighted by atomic mass is 9.95. The number of nitrogens with zero attached hydrogens (tertiary/aromatic N) is 5. The van der Waals surface area contributed by atoms with Gasteiger partial charge < -0.3 is 25.7 Å². The Morgan fingerprint density at radius 3 is 2.91 bits per heavy atom. The molecule has 1 aliphatic heterocycles. The second-order valence-electron chi connectivity index (χ2n) is 8.56. The van der Waals surface area contributed by atoms with Crippen LogP contribution in [0.25, 0.3) is 22.6 Å². The van der Waals surface area contributed by atoms with Crippen molar-refractivity contribution in [2.45, 2.75) is 32.7 Å². The number of pyridine rings is 1. The van der Waals surface area contributed by atoms with Gasteiger partial charge in [0.05, 0.1) is 11.7 Å². The van der Waals surface area contributed by atoms with Crippen molar-refractivity contribution in [3.8, 4) is 23.1 Å². The summed E-state index contributed by atoms with van der Waals surface area (Å²) in [5.74, 6) is 2.18. The summed E-state index contributed by atoms with van der Waals surface area (Å²) in [4.78, 5) is 21.6. The third-order valence-electron chi connectivity index (χ3n) is 6.27. The van der Waals surface area contributed by atoms with Gasteiger partial charge in [0.2, 0.25) is 5.88 Å². The number of ether oxygens (including phenoxy) is 1. The quantitative estimate of drug-likeness (QED) is 0.349. The average molecular weight is 477 g/mol. The number of carbonyl (C=O) groups is 1. The predicted octanol–water partition coefficient (Wildman–Crippen LogP) is 3.00. The van der Waals surface area contributed by atoms with Gasteiger partial charge in [0.1, 0.15) is 11.3 Å². The molecule has 4 heterocycles. The third kappa shape index (κ3) is 4.94. The van der Waals surface area contributed by atoms with Gasteiger partial charge in [-0.25, -0.2) is 14.6 Å². The van der Waals surface area contributed by atoms with Gasteiger partial charge in [-0.05, 0) is 73.7 Å². The van der Waals surface area contributed by atoms with E-state index in [0.29, 0.717) is 53.2 Å². The highest BCUT2D eigenvalue weighted by Gasteiger charge is 2.19. The van der Waals surface area contributed by atoms with Crippen LogP contribution in [0.5, 0.6) is 11.6 Å². The molecule has 0 bridgehead atoms. The number of hydrogen-bond donors (Lipinski definition) is 3. The minimum atomic E-state index is -0.111. The van der Waals surface area contributed by atoms with Crippen LogP contribution in [-0.4, -0.2) is 50.4 Å². The van der Waals surface area contributed by atoms with Crippen LogP contribution in [0, 0.1) is 5.92 Å². The summed E-state index contributed by atoms with van der Waals surface area (Å²) >= 11 is 0.